The molecule has 7 heteroatoms. The van der Waals surface area contributed by atoms with E-state index in [1.807, 2.05) is 25.1 Å². The minimum atomic E-state index is -0.218. The summed E-state index contributed by atoms with van der Waals surface area (Å²) in [6.45, 7) is 2.90. The van der Waals surface area contributed by atoms with Crippen LogP contribution in [0.25, 0.3) is 0 Å². The first kappa shape index (κ1) is 17.9. The van der Waals surface area contributed by atoms with E-state index in [1.54, 1.807) is 18.2 Å². The molecule has 1 atom stereocenters. The van der Waals surface area contributed by atoms with Crippen LogP contribution in [0.1, 0.15) is 18.5 Å². The Hall–Kier alpha value is -1.92. The van der Waals surface area contributed by atoms with Crippen molar-refractivity contribution >= 4 is 33.4 Å². The van der Waals surface area contributed by atoms with Crippen LogP contribution in [0.15, 0.2) is 40.9 Å². The number of amides is 1. The minimum absolute atomic E-state index is 0.0882. The van der Waals surface area contributed by atoms with Gasteiger partial charge in [0, 0.05) is 5.02 Å². The van der Waals surface area contributed by atoms with E-state index in [9.17, 15) is 4.79 Å². The number of carbonyl (C=O) groups excluding carboxylic acids is 1. The zero-order valence-electron chi connectivity index (χ0n) is 13.6. The zero-order valence-corrected chi connectivity index (χ0v) is 15.9. The van der Waals surface area contributed by atoms with Gasteiger partial charge in [-0.15, -0.1) is 0 Å². The van der Waals surface area contributed by atoms with E-state index in [0.29, 0.717) is 34.2 Å². The molecule has 0 aromatic heterocycles. The van der Waals surface area contributed by atoms with Gasteiger partial charge in [-0.05, 0) is 58.7 Å². The highest BCUT2D eigenvalue weighted by molar-refractivity contribution is 9.10. The Morgan fingerprint density at radius 1 is 1.24 bits per heavy atom. The largest absolute Gasteiger partial charge is 0.486 e. The van der Waals surface area contributed by atoms with Gasteiger partial charge in [-0.3, -0.25) is 4.79 Å². The number of ether oxygens (including phenoxy) is 3. The number of fused-ring (bicyclic) bond motifs is 1. The quantitative estimate of drug-likeness (QED) is 0.781. The summed E-state index contributed by atoms with van der Waals surface area (Å²) in [5.74, 6) is 1.77. The molecule has 2 aromatic carbocycles. The molecule has 0 saturated heterocycles. The van der Waals surface area contributed by atoms with E-state index < -0.39 is 0 Å². The summed E-state index contributed by atoms with van der Waals surface area (Å²) in [7, 11) is 0. The van der Waals surface area contributed by atoms with E-state index in [-0.39, 0.29) is 18.6 Å². The van der Waals surface area contributed by atoms with Crippen molar-refractivity contribution in [3.63, 3.8) is 0 Å². The van der Waals surface area contributed by atoms with Crippen molar-refractivity contribution in [2.45, 2.75) is 13.0 Å². The summed E-state index contributed by atoms with van der Waals surface area (Å²) < 4.78 is 17.3. The van der Waals surface area contributed by atoms with Crippen LogP contribution in [-0.4, -0.2) is 25.7 Å². The van der Waals surface area contributed by atoms with Gasteiger partial charge in [0.05, 0.1) is 10.5 Å². The molecule has 1 amide bonds. The maximum atomic E-state index is 12.1. The third kappa shape index (κ3) is 4.58. The van der Waals surface area contributed by atoms with Crippen LogP contribution < -0.4 is 19.5 Å². The predicted octanol–water partition coefficient (Wildman–Crippen LogP) is 4.13. The van der Waals surface area contributed by atoms with Gasteiger partial charge < -0.3 is 19.5 Å². The Morgan fingerprint density at radius 3 is 2.76 bits per heavy atom. The first-order chi connectivity index (χ1) is 12.0. The number of hydrogen-bond donors (Lipinski definition) is 1. The van der Waals surface area contributed by atoms with Crippen LogP contribution >= 0.6 is 27.5 Å². The van der Waals surface area contributed by atoms with Gasteiger partial charge in [-0.2, -0.15) is 0 Å². The van der Waals surface area contributed by atoms with Crippen molar-refractivity contribution in [1.29, 1.82) is 0 Å². The average molecular weight is 427 g/mol. The molecular formula is C18H17BrClNO4. The Balaban J connectivity index is 1.57. The van der Waals surface area contributed by atoms with Gasteiger partial charge in [-0.25, -0.2) is 0 Å². The van der Waals surface area contributed by atoms with E-state index in [2.05, 4.69) is 21.2 Å². The first-order valence-corrected chi connectivity index (χ1v) is 8.97. The summed E-state index contributed by atoms with van der Waals surface area (Å²) >= 11 is 9.24. The monoisotopic (exact) mass is 425 g/mol. The van der Waals surface area contributed by atoms with E-state index >= 15 is 0 Å². The van der Waals surface area contributed by atoms with Gasteiger partial charge in [0.25, 0.3) is 5.91 Å². The summed E-state index contributed by atoms with van der Waals surface area (Å²) in [6, 6.07) is 10.6. The second-order valence-corrected chi connectivity index (χ2v) is 6.85. The van der Waals surface area contributed by atoms with E-state index in [1.165, 1.54) is 0 Å². The van der Waals surface area contributed by atoms with Crippen LogP contribution in [0, 0.1) is 0 Å². The summed E-state index contributed by atoms with van der Waals surface area (Å²) in [6.07, 6.45) is 0. The molecule has 1 unspecified atom stereocenters. The topological polar surface area (TPSA) is 56.8 Å². The first-order valence-electron chi connectivity index (χ1n) is 7.79. The van der Waals surface area contributed by atoms with Crippen molar-refractivity contribution in [2.24, 2.45) is 0 Å². The number of hydrogen-bond acceptors (Lipinski definition) is 4. The van der Waals surface area contributed by atoms with Crippen molar-refractivity contribution in [1.82, 2.24) is 5.32 Å². The lowest BCUT2D eigenvalue weighted by atomic mass is 10.1. The molecule has 1 aliphatic heterocycles. The van der Waals surface area contributed by atoms with Crippen LogP contribution in [0.4, 0.5) is 0 Å². The molecule has 3 rings (SSSR count). The SMILES string of the molecule is CC(NC(=O)COc1ccc(Cl)cc1Br)c1ccc2c(c1)OCCO2. The lowest BCUT2D eigenvalue weighted by Crippen LogP contribution is -2.31. The van der Waals surface area contributed by atoms with E-state index in [0.717, 1.165) is 11.3 Å². The maximum Gasteiger partial charge on any atom is 0.258 e. The Kier molecular flexibility index (Phi) is 5.71. The Labute approximate surface area is 159 Å². The number of benzene rings is 2. The van der Waals surface area contributed by atoms with Gasteiger partial charge in [0.1, 0.15) is 19.0 Å². The molecule has 2 aromatic rings. The number of nitrogens with one attached hydrogen (secondary N) is 1. The number of halogens is 2. The molecule has 132 valence electrons. The average Bonchev–Trinajstić information content (AvgIpc) is 2.60. The molecule has 0 fully saturated rings. The molecule has 1 heterocycles. The summed E-state index contributed by atoms with van der Waals surface area (Å²) in [4.78, 5) is 12.1. The molecular weight excluding hydrogens is 410 g/mol. The van der Waals surface area contributed by atoms with Crippen molar-refractivity contribution < 1.29 is 19.0 Å². The normalized spacial score (nSPS) is 13.9. The van der Waals surface area contributed by atoms with E-state index in [4.69, 9.17) is 25.8 Å². The molecule has 1 aliphatic rings. The van der Waals surface area contributed by atoms with Gasteiger partial charge in [0.2, 0.25) is 0 Å². The molecule has 0 bridgehead atoms. The molecule has 0 aliphatic carbocycles. The highest BCUT2D eigenvalue weighted by Crippen LogP contribution is 2.32. The maximum absolute atomic E-state index is 12.1. The standard InChI is InChI=1S/C18H17BrClNO4/c1-11(12-2-4-16-17(8-12)24-7-6-23-16)21-18(22)10-25-15-5-3-13(20)9-14(15)19/h2-5,8-9,11H,6-7,10H2,1H3,(H,21,22). The van der Waals surface area contributed by atoms with Crippen molar-refractivity contribution in [3.05, 3.63) is 51.5 Å². The van der Waals surface area contributed by atoms with Crippen molar-refractivity contribution in [3.8, 4) is 17.2 Å². The molecule has 5 nitrogen and oxygen atoms in total. The van der Waals surface area contributed by atoms with Crippen LogP contribution in [-0.2, 0) is 4.79 Å². The fraction of sp³-hybridized carbons (Fsp3) is 0.278. The molecule has 1 N–H and O–H groups in total. The van der Waals surface area contributed by atoms with Crippen LogP contribution in [0.2, 0.25) is 5.02 Å². The Bertz CT molecular complexity index is 784. The van der Waals surface area contributed by atoms with Crippen LogP contribution in [0.3, 0.4) is 0 Å². The minimum Gasteiger partial charge on any atom is -0.486 e. The predicted molar refractivity (Wildman–Crippen MR) is 98.6 cm³/mol. The zero-order chi connectivity index (χ0) is 17.8. The third-order valence-electron chi connectivity index (χ3n) is 3.70. The molecule has 0 spiro atoms. The van der Waals surface area contributed by atoms with Crippen molar-refractivity contribution in [2.75, 3.05) is 19.8 Å². The second-order valence-electron chi connectivity index (χ2n) is 5.56. The number of rotatable bonds is 5. The fourth-order valence-electron chi connectivity index (χ4n) is 2.43. The number of carbonyl (C=O) groups is 1. The second kappa shape index (κ2) is 7.97. The lowest BCUT2D eigenvalue weighted by molar-refractivity contribution is -0.123. The highest BCUT2D eigenvalue weighted by Gasteiger charge is 2.16. The highest BCUT2D eigenvalue weighted by atomic mass is 79.9. The van der Waals surface area contributed by atoms with Gasteiger partial charge in [-0.1, -0.05) is 17.7 Å². The van der Waals surface area contributed by atoms with Crippen LogP contribution in [0.5, 0.6) is 17.2 Å². The molecule has 0 radical (unpaired) electrons. The third-order valence-corrected chi connectivity index (χ3v) is 4.55. The molecule has 0 saturated carbocycles. The van der Waals surface area contributed by atoms with Gasteiger partial charge >= 0.3 is 0 Å². The Morgan fingerprint density at radius 2 is 2.00 bits per heavy atom. The summed E-state index contributed by atoms with van der Waals surface area (Å²) in [5, 5.41) is 3.50. The lowest BCUT2D eigenvalue weighted by Gasteiger charge is -2.21. The van der Waals surface area contributed by atoms with Gasteiger partial charge in [0.15, 0.2) is 18.1 Å². The summed E-state index contributed by atoms with van der Waals surface area (Å²) in [5.41, 5.74) is 0.935. The molecule has 25 heavy (non-hydrogen) atoms. The fourth-order valence-corrected chi connectivity index (χ4v) is 3.23. The smallest absolute Gasteiger partial charge is 0.258 e.